The summed E-state index contributed by atoms with van der Waals surface area (Å²) in [6.07, 6.45) is 5.24. The summed E-state index contributed by atoms with van der Waals surface area (Å²) >= 11 is 0. The van der Waals surface area contributed by atoms with Gasteiger partial charge in [0.05, 0.1) is 6.61 Å². The van der Waals surface area contributed by atoms with Crippen LogP contribution in [-0.4, -0.2) is 38.3 Å². The first-order valence-corrected chi connectivity index (χ1v) is 5.56. The van der Waals surface area contributed by atoms with Gasteiger partial charge in [-0.15, -0.1) is 0 Å². The summed E-state index contributed by atoms with van der Waals surface area (Å²) in [7, 11) is 1.77. The van der Waals surface area contributed by atoms with E-state index < -0.39 is 0 Å². The third kappa shape index (κ3) is 8.26. The molecule has 80 valence electrons. The van der Waals surface area contributed by atoms with Crippen molar-refractivity contribution in [2.75, 3.05) is 33.4 Å². The first-order chi connectivity index (χ1) is 6.35. The van der Waals surface area contributed by atoms with E-state index in [0.717, 1.165) is 13.2 Å². The third-order valence-electron chi connectivity index (χ3n) is 2.23. The molecule has 0 fully saturated rings. The molecule has 13 heavy (non-hydrogen) atoms. The highest BCUT2D eigenvalue weighted by Crippen LogP contribution is 1.99. The van der Waals surface area contributed by atoms with E-state index in [1.807, 2.05) is 0 Å². The van der Waals surface area contributed by atoms with Gasteiger partial charge in [0.2, 0.25) is 0 Å². The molecule has 0 bridgehead atoms. The molecule has 0 N–H and O–H groups in total. The van der Waals surface area contributed by atoms with Crippen molar-refractivity contribution in [3.63, 3.8) is 0 Å². The van der Waals surface area contributed by atoms with Gasteiger partial charge < -0.3 is 9.64 Å². The summed E-state index contributed by atoms with van der Waals surface area (Å²) in [4.78, 5) is 2.50. The first kappa shape index (κ1) is 12.9. The van der Waals surface area contributed by atoms with Gasteiger partial charge in [0.1, 0.15) is 0 Å². The molecule has 0 amide bonds. The number of unbranched alkanes of at least 4 members (excludes halogenated alkanes) is 2. The lowest BCUT2D eigenvalue weighted by Gasteiger charge is -2.20. The van der Waals surface area contributed by atoms with Gasteiger partial charge in [-0.05, 0) is 25.9 Å². The lowest BCUT2D eigenvalue weighted by molar-refractivity contribution is 0.146. The zero-order valence-electron chi connectivity index (χ0n) is 9.51. The maximum atomic E-state index is 5.08. The SMILES string of the molecule is CCCCCN(CCC)CCOC. The number of rotatable bonds is 9. The molecule has 0 unspecified atom stereocenters. The Morgan fingerprint density at radius 2 is 1.69 bits per heavy atom. The van der Waals surface area contributed by atoms with Crippen molar-refractivity contribution in [3.05, 3.63) is 0 Å². The lowest BCUT2D eigenvalue weighted by Crippen LogP contribution is -2.29. The molecule has 0 spiro atoms. The fourth-order valence-corrected chi connectivity index (χ4v) is 1.46. The van der Waals surface area contributed by atoms with Crippen molar-refractivity contribution < 1.29 is 4.74 Å². The van der Waals surface area contributed by atoms with E-state index in [4.69, 9.17) is 4.74 Å². The van der Waals surface area contributed by atoms with E-state index in [2.05, 4.69) is 18.7 Å². The Balaban J connectivity index is 3.41. The molecular weight excluding hydrogens is 162 g/mol. The predicted octanol–water partition coefficient (Wildman–Crippen LogP) is 2.54. The molecule has 0 atom stereocenters. The minimum absolute atomic E-state index is 0.867. The third-order valence-corrected chi connectivity index (χ3v) is 2.23. The zero-order valence-corrected chi connectivity index (χ0v) is 9.51. The molecule has 0 saturated heterocycles. The van der Waals surface area contributed by atoms with Crippen LogP contribution in [0.25, 0.3) is 0 Å². The van der Waals surface area contributed by atoms with Crippen molar-refractivity contribution in [3.8, 4) is 0 Å². The number of ether oxygens (including phenoxy) is 1. The summed E-state index contributed by atoms with van der Waals surface area (Å²) in [6.45, 7) is 8.90. The summed E-state index contributed by atoms with van der Waals surface area (Å²) in [6, 6.07) is 0. The van der Waals surface area contributed by atoms with Gasteiger partial charge in [0.25, 0.3) is 0 Å². The monoisotopic (exact) mass is 187 g/mol. The van der Waals surface area contributed by atoms with Crippen molar-refractivity contribution in [1.82, 2.24) is 4.90 Å². The smallest absolute Gasteiger partial charge is 0.0589 e. The van der Waals surface area contributed by atoms with Crippen LogP contribution >= 0.6 is 0 Å². The molecule has 2 heteroatoms. The molecule has 0 aromatic carbocycles. The van der Waals surface area contributed by atoms with Crippen LogP contribution in [0.2, 0.25) is 0 Å². The van der Waals surface area contributed by atoms with Crippen LogP contribution in [0.1, 0.15) is 39.5 Å². The van der Waals surface area contributed by atoms with Crippen LogP contribution in [0.15, 0.2) is 0 Å². The highest BCUT2D eigenvalue weighted by Gasteiger charge is 2.01. The molecular formula is C11H25NO. The molecule has 0 aromatic heterocycles. The second kappa shape index (κ2) is 10.0. The molecule has 0 aliphatic heterocycles. The summed E-state index contributed by atoms with van der Waals surface area (Å²) < 4.78 is 5.08. The molecule has 0 aliphatic carbocycles. The first-order valence-electron chi connectivity index (χ1n) is 5.56. The van der Waals surface area contributed by atoms with Crippen molar-refractivity contribution in [2.45, 2.75) is 39.5 Å². The van der Waals surface area contributed by atoms with E-state index in [-0.39, 0.29) is 0 Å². The Bertz CT molecular complexity index is 96.1. The second-order valence-electron chi connectivity index (χ2n) is 3.54. The highest BCUT2D eigenvalue weighted by atomic mass is 16.5. The van der Waals surface area contributed by atoms with Gasteiger partial charge >= 0.3 is 0 Å². The van der Waals surface area contributed by atoms with Crippen LogP contribution in [0.4, 0.5) is 0 Å². The van der Waals surface area contributed by atoms with Crippen LogP contribution in [0.5, 0.6) is 0 Å². The average Bonchev–Trinajstić information content (AvgIpc) is 2.14. The van der Waals surface area contributed by atoms with Crippen LogP contribution in [0.3, 0.4) is 0 Å². The molecule has 2 nitrogen and oxygen atoms in total. The van der Waals surface area contributed by atoms with Crippen LogP contribution < -0.4 is 0 Å². The maximum absolute atomic E-state index is 5.08. The summed E-state index contributed by atoms with van der Waals surface area (Å²) in [5.74, 6) is 0. The number of hydrogen-bond donors (Lipinski definition) is 0. The number of methoxy groups -OCH3 is 1. The zero-order chi connectivity index (χ0) is 9.94. The Morgan fingerprint density at radius 1 is 0.923 bits per heavy atom. The van der Waals surface area contributed by atoms with E-state index >= 15 is 0 Å². The topological polar surface area (TPSA) is 12.5 Å². The predicted molar refractivity (Wildman–Crippen MR) is 58.1 cm³/mol. The van der Waals surface area contributed by atoms with E-state index in [1.54, 1.807) is 7.11 Å². The Hall–Kier alpha value is -0.0800. The maximum Gasteiger partial charge on any atom is 0.0589 e. The minimum Gasteiger partial charge on any atom is -0.383 e. The van der Waals surface area contributed by atoms with Gasteiger partial charge in [-0.3, -0.25) is 0 Å². The van der Waals surface area contributed by atoms with Gasteiger partial charge in [0, 0.05) is 13.7 Å². The summed E-state index contributed by atoms with van der Waals surface area (Å²) in [5, 5.41) is 0. The van der Waals surface area contributed by atoms with E-state index in [9.17, 15) is 0 Å². The molecule has 0 radical (unpaired) electrons. The Labute approximate surface area is 83.3 Å². The van der Waals surface area contributed by atoms with Crippen molar-refractivity contribution >= 4 is 0 Å². The fourth-order valence-electron chi connectivity index (χ4n) is 1.46. The highest BCUT2D eigenvalue weighted by molar-refractivity contribution is 4.56. The van der Waals surface area contributed by atoms with Crippen molar-refractivity contribution in [2.24, 2.45) is 0 Å². The van der Waals surface area contributed by atoms with E-state index in [0.29, 0.717) is 0 Å². The van der Waals surface area contributed by atoms with E-state index in [1.165, 1.54) is 38.8 Å². The standard InChI is InChI=1S/C11H25NO/c1-4-6-7-9-12(8-5-2)10-11-13-3/h4-11H2,1-3H3. The number of nitrogens with zero attached hydrogens (tertiary/aromatic N) is 1. The summed E-state index contributed by atoms with van der Waals surface area (Å²) in [5.41, 5.74) is 0. The fraction of sp³-hybridized carbons (Fsp3) is 1.00. The quantitative estimate of drug-likeness (QED) is 0.514. The largest absolute Gasteiger partial charge is 0.383 e. The van der Waals surface area contributed by atoms with Crippen molar-refractivity contribution in [1.29, 1.82) is 0 Å². The van der Waals surface area contributed by atoms with Crippen LogP contribution in [-0.2, 0) is 4.74 Å². The second-order valence-corrected chi connectivity index (χ2v) is 3.54. The Morgan fingerprint density at radius 3 is 2.23 bits per heavy atom. The Kier molecular flexibility index (Phi) is 9.94. The van der Waals surface area contributed by atoms with Gasteiger partial charge in [-0.2, -0.15) is 0 Å². The lowest BCUT2D eigenvalue weighted by atomic mass is 10.2. The molecule has 0 rings (SSSR count). The average molecular weight is 187 g/mol. The number of hydrogen-bond acceptors (Lipinski definition) is 2. The molecule has 0 aliphatic rings. The van der Waals surface area contributed by atoms with Gasteiger partial charge in [-0.1, -0.05) is 26.7 Å². The van der Waals surface area contributed by atoms with Gasteiger partial charge in [0.15, 0.2) is 0 Å². The van der Waals surface area contributed by atoms with Crippen LogP contribution in [0, 0.1) is 0 Å². The molecule has 0 saturated carbocycles. The normalized spacial score (nSPS) is 11.1. The molecule has 0 aromatic rings. The minimum atomic E-state index is 0.867. The van der Waals surface area contributed by atoms with Gasteiger partial charge in [-0.25, -0.2) is 0 Å². The molecule has 0 heterocycles.